The van der Waals surface area contributed by atoms with Gasteiger partial charge >= 0.3 is 5.97 Å². The third kappa shape index (κ3) is 4.02. The molecule has 0 aromatic heterocycles. The second kappa shape index (κ2) is 6.61. The zero-order valence-corrected chi connectivity index (χ0v) is 11.4. The van der Waals surface area contributed by atoms with Gasteiger partial charge in [-0.1, -0.05) is 6.07 Å². The number of halogens is 1. The van der Waals surface area contributed by atoms with Crippen molar-refractivity contribution in [3.63, 3.8) is 0 Å². The molecule has 1 atom stereocenters. The van der Waals surface area contributed by atoms with E-state index >= 15 is 0 Å². The Hall–Kier alpha value is -1.07. The summed E-state index contributed by atoms with van der Waals surface area (Å²) in [5.41, 5.74) is 0.135. The minimum absolute atomic E-state index is 0.135. The van der Waals surface area contributed by atoms with Crippen molar-refractivity contribution in [1.29, 1.82) is 0 Å². The molecule has 94 valence electrons. The first-order valence-electron chi connectivity index (χ1n) is 5.32. The van der Waals surface area contributed by atoms with Crippen molar-refractivity contribution in [3.05, 3.63) is 28.2 Å². The van der Waals surface area contributed by atoms with E-state index in [0.29, 0.717) is 23.4 Å². The highest BCUT2D eigenvalue weighted by atomic mass is 79.9. The van der Waals surface area contributed by atoms with Gasteiger partial charge in [0.05, 0.1) is 6.61 Å². The highest BCUT2D eigenvalue weighted by Gasteiger charge is 2.16. The van der Waals surface area contributed by atoms with Gasteiger partial charge in [0.25, 0.3) is 0 Å². The number of carboxylic acids is 1. The van der Waals surface area contributed by atoms with E-state index in [1.807, 2.05) is 13.8 Å². The number of hydrogen-bond donors (Lipinski definition) is 1. The summed E-state index contributed by atoms with van der Waals surface area (Å²) in [7, 11) is 0. The Morgan fingerprint density at radius 1 is 1.53 bits per heavy atom. The minimum atomic E-state index is -1.02. The number of rotatable bonds is 6. The third-order valence-electron chi connectivity index (χ3n) is 2.07. The maximum atomic E-state index is 11.1. The van der Waals surface area contributed by atoms with Gasteiger partial charge < -0.3 is 14.6 Å². The lowest BCUT2D eigenvalue weighted by Gasteiger charge is -2.16. The summed E-state index contributed by atoms with van der Waals surface area (Å²) in [6.45, 7) is 4.77. The van der Waals surface area contributed by atoms with Gasteiger partial charge in [-0.05, 0) is 41.9 Å². The molecule has 1 aromatic carbocycles. The summed E-state index contributed by atoms with van der Waals surface area (Å²) in [5.74, 6) is -0.671. The average Bonchev–Trinajstić information content (AvgIpc) is 2.25. The second-order valence-corrected chi connectivity index (χ2v) is 4.36. The first-order chi connectivity index (χ1) is 8.06. The van der Waals surface area contributed by atoms with Crippen LogP contribution in [0.15, 0.2) is 22.7 Å². The van der Waals surface area contributed by atoms with E-state index in [2.05, 4.69) is 15.9 Å². The molecule has 4 nitrogen and oxygen atoms in total. The molecule has 1 aromatic rings. The number of aromatic carboxylic acids is 1. The van der Waals surface area contributed by atoms with Crippen LogP contribution in [0.1, 0.15) is 24.2 Å². The Kier molecular flexibility index (Phi) is 5.44. The van der Waals surface area contributed by atoms with Crippen molar-refractivity contribution in [2.24, 2.45) is 0 Å². The Balaban J connectivity index is 2.83. The van der Waals surface area contributed by atoms with Crippen LogP contribution in [0, 0.1) is 0 Å². The van der Waals surface area contributed by atoms with Crippen LogP contribution in [0.4, 0.5) is 0 Å². The van der Waals surface area contributed by atoms with E-state index in [9.17, 15) is 4.79 Å². The van der Waals surface area contributed by atoms with Crippen molar-refractivity contribution >= 4 is 21.9 Å². The molecule has 17 heavy (non-hydrogen) atoms. The molecule has 0 radical (unpaired) electrons. The fourth-order valence-electron chi connectivity index (χ4n) is 1.34. The fourth-order valence-corrected chi connectivity index (χ4v) is 1.86. The summed E-state index contributed by atoms with van der Waals surface area (Å²) in [6.07, 6.45) is -0.192. The smallest absolute Gasteiger partial charge is 0.340 e. The number of hydrogen-bond acceptors (Lipinski definition) is 3. The summed E-state index contributed by atoms with van der Waals surface area (Å²) in [4.78, 5) is 11.1. The molecular formula is C12H15BrO4. The molecule has 0 aliphatic carbocycles. The topological polar surface area (TPSA) is 55.8 Å². The van der Waals surface area contributed by atoms with Crippen LogP contribution in [0.5, 0.6) is 5.75 Å². The summed E-state index contributed by atoms with van der Waals surface area (Å²) >= 11 is 3.20. The summed E-state index contributed by atoms with van der Waals surface area (Å²) in [6, 6.07) is 5.04. The Morgan fingerprint density at radius 2 is 2.24 bits per heavy atom. The maximum absolute atomic E-state index is 11.1. The minimum Gasteiger partial charge on any atom is -0.487 e. The second-order valence-electron chi connectivity index (χ2n) is 3.51. The molecule has 1 N–H and O–H groups in total. The Morgan fingerprint density at radius 3 is 2.82 bits per heavy atom. The number of carbonyl (C=O) groups is 1. The SMILES string of the molecule is CCOCC(C)Oc1cccc(Br)c1C(=O)O. The van der Waals surface area contributed by atoms with Crippen LogP contribution in [0.25, 0.3) is 0 Å². The van der Waals surface area contributed by atoms with E-state index in [4.69, 9.17) is 14.6 Å². The standard InChI is InChI=1S/C12H15BrO4/c1-3-16-7-8(2)17-10-6-4-5-9(13)11(10)12(14)15/h4-6,8H,3,7H2,1-2H3,(H,14,15). The highest BCUT2D eigenvalue weighted by molar-refractivity contribution is 9.10. The lowest BCUT2D eigenvalue weighted by Crippen LogP contribution is -2.20. The molecule has 0 heterocycles. The van der Waals surface area contributed by atoms with Gasteiger partial charge in [0.15, 0.2) is 0 Å². The van der Waals surface area contributed by atoms with Crippen LogP contribution < -0.4 is 4.74 Å². The average molecular weight is 303 g/mol. The van der Waals surface area contributed by atoms with E-state index in [1.54, 1.807) is 18.2 Å². The zero-order chi connectivity index (χ0) is 12.8. The fraction of sp³-hybridized carbons (Fsp3) is 0.417. The summed E-state index contributed by atoms with van der Waals surface area (Å²) in [5, 5.41) is 9.09. The predicted molar refractivity (Wildman–Crippen MR) is 67.7 cm³/mol. The zero-order valence-electron chi connectivity index (χ0n) is 9.77. The van der Waals surface area contributed by atoms with Gasteiger partial charge in [-0.15, -0.1) is 0 Å². The van der Waals surface area contributed by atoms with Gasteiger partial charge in [0.1, 0.15) is 17.4 Å². The molecule has 0 saturated carbocycles. The van der Waals surface area contributed by atoms with Crippen molar-refractivity contribution in [1.82, 2.24) is 0 Å². The lowest BCUT2D eigenvalue weighted by atomic mass is 10.2. The first-order valence-corrected chi connectivity index (χ1v) is 6.11. The van der Waals surface area contributed by atoms with E-state index < -0.39 is 5.97 Å². The van der Waals surface area contributed by atoms with Crippen LogP contribution in [0.2, 0.25) is 0 Å². The van der Waals surface area contributed by atoms with E-state index in [1.165, 1.54) is 0 Å². The Labute approximate surface area is 109 Å². The molecule has 0 aliphatic rings. The molecule has 0 aliphatic heterocycles. The number of benzene rings is 1. The van der Waals surface area contributed by atoms with Gasteiger partial charge in [-0.2, -0.15) is 0 Å². The molecular weight excluding hydrogens is 288 g/mol. The number of ether oxygens (including phenoxy) is 2. The molecule has 0 amide bonds. The molecule has 0 fully saturated rings. The monoisotopic (exact) mass is 302 g/mol. The largest absolute Gasteiger partial charge is 0.487 e. The molecule has 5 heteroatoms. The van der Waals surface area contributed by atoms with Crippen molar-refractivity contribution < 1.29 is 19.4 Å². The number of carboxylic acid groups (broad SMARTS) is 1. The molecule has 1 rings (SSSR count). The van der Waals surface area contributed by atoms with Crippen molar-refractivity contribution in [2.75, 3.05) is 13.2 Å². The van der Waals surface area contributed by atoms with Crippen LogP contribution in [-0.4, -0.2) is 30.4 Å². The first kappa shape index (κ1) is 14.0. The normalized spacial score (nSPS) is 12.2. The van der Waals surface area contributed by atoms with E-state index in [0.717, 1.165) is 0 Å². The lowest BCUT2D eigenvalue weighted by molar-refractivity contribution is 0.0606. The Bertz CT molecular complexity index is 392. The van der Waals surface area contributed by atoms with E-state index in [-0.39, 0.29) is 11.7 Å². The van der Waals surface area contributed by atoms with Crippen molar-refractivity contribution in [3.8, 4) is 5.75 Å². The maximum Gasteiger partial charge on any atom is 0.340 e. The molecule has 0 bridgehead atoms. The molecule has 0 spiro atoms. The van der Waals surface area contributed by atoms with Gasteiger partial charge in [-0.25, -0.2) is 4.79 Å². The quantitative estimate of drug-likeness (QED) is 0.878. The third-order valence-corrected chi connectivity index (χ3v) is 2.73. The molecule has 1 unspecified atom stereocenters. The summed E-state index contributed by atoms with van der Waals surface area (Å²) < 4.78 is 11.3. The van der Waals surface area contributed by atoms with Crippen LogP contribution >= 0.6 is 15.9 Å². The van der Waals surface area contributed by atoms with Crippen molar-refractivity contribution in [2.45, 2.75) is 20.0 Å². The van der Waals surface area contributed by atoms with Crippen LogP contribution in [-0.2, 0) is 4.74 Å². The predicted octanol–water partition coefficient (Wildman–Crippen LogP) is 2.95. The van der Waals surface area contributed by atoms with Gasteiger partial charge in [0, 0.05) is 11.1 Å². The molecule has 0 saturated heterocycles. The van der Waals surface area contributed by atoms with Crippen LogP contribution in [0.3, 0.4) is 0 Å². The van der Waals surface area contributed by atoms with Gasteiger partial charge in [-0.3, -0.25) is 0 Å². The van der Waals surface area contributed by atoms with Gasteiger partial charge in [0.2, 0.25) is 0 Å². The highest BCUT2D eigenvalue weighted by Crippen LogP contribution is 2.27.